The van der Waals surface area contributed by atoms with Gasteiger partial charge in [-0.15, -0.1) is 12.6 Å². The lowest BCUT2D eigenvalue weighted by atomic mass is 10.1. The molecule has 0 bridgehead atoms. The Morgan fingerprint density at radius 2 is 1.56 bits per heavy atom. The van der Waals surface area contributed by atoms with Gasteiger partial charge in [0.1, 0.15) is 5.56 Å². The van der Waals surface area contributed by atoms with Crippen LogP contribution in [0.5, 0.6) is 0 Å². The molecule has 0 atom stereocenters. The zero-order chi connectivity index (χ0) is 12.5. The lowest BCUT2D eigenvalue weighted by Crippen LogP contribution is -2.01. The lowest BCUT2D eigenvalue weighted by Gasteiger charge is -2.01. The van der Waals surface area contributed by atoms with Crippen LogP contribution in [0.3, 0.4) is 0 Å². The fourth-order valence-electron chi connectivity index (χ4n) is 1.19. The molecule has 0 saturated heterocycles. The Kier molecular flexibility index (Phi) is 3.23. The van der Waals surface area contributed by atoms with Crippen LogP contribution in [-0.4, -0.2) is 15.0 Å². The second kappa shape index (κ2) is 4.27. The summed E-state index contributed by atoms with van der Waals surface area (Å²) in [7, 11) is 0. The van der Waals surface area contributed by atoms with Crippen molar-refractivity contribution in [3.8, 4) is 0 Å². The summed E-state index contributed by atoms with van der Waals surface area (Å²) in [5, 5.41) is 20.5. The minimum absolute atomic E-state index is 0.0895. The molecule has 0 N–H and O–H groups in total. The van der Waals surface area contributed by atoms with Gasteiger partial charge in [0.15, 0.2) is 0 Å². The number of carbonyl (C=O) groups is 1. The Hall–Kier alpha value is -1.96. The Labute approximate surface area is 94.8 Å². The van der Waals surface area contributed by atoms with Crippen LogP contribution >= 0.6 is 12.6 Å². The molecule has 1 aromatic rings. The number of carbonyl (C=O) groups excluding carboxylic acids is 1. The summed E-state index contributed by atoms with van der Waals surface area (Å²) in [6, 6.07) is 1.94. The molecule has 0 unspecified atom stereocenters. The highest BCUT2D eigenvalue weighted by Gasteiger charge is 2.24. The summed E-state index contributed by atoms with van der Waals surface area (Å²) in [5.74, 6) is 0. The molecule has 0 saturated carbocycles. The maximum atomic E-state index is 10.9. The van der Waals surface area contributed by atoms with Crippen LogP contribution in [0.15, 0.2) is 12.1 Å². The van der Waals surface area contributed by atoms with E-state index in [4.69, 9.17) is 0 Å². The Morgan fingerprint density at radius 1 is 1.19 bits per heavy atom. The Morgan fingerprint density at radius 3 is 1.81 bits per heavy atom. The number of nitro benzene ring substituents is 2. The SMILES string of the molecule is Cc1c([N+](=O)[O-])cc(C(=O)S)cc1[N+](=O)[O-]. The predicted molar refractivity (Wildman–Crippen MR) is 57.8 cm³/mol. The van der Waals surface area contributed by atoms with Gasteiger partial charge in [0.2, 0.25) is 5.12 Å². The molecule has 7 nitrogen and oxygen atoms in total. The third kappa shape index (κ3) is 2.16. The van der Waals surface area contributed by atoms with E-state index in [1.54, 1.807) is 0 Å². The van der Waals surface area contributed by atoms with E-state index in [0.717, 1.165) is 12.1 Å². The van der Waals surface area contributed by atoms with Gasteiger partial charge in [-0.2, -0.15) is 0 Å². The van der Waals surface area contributed by atoms with Crippen molar-refractivity contribution in [3.05, 3.63) is 43.5 Å². The van der Waals surface area contributed by atoms with Crippen LogP contribution in [0.4, 0.5) is 11.4 Å². The monoisotopic (exact) mass is 242 g/mol. The van der Waals surface area contributed by atoms with E-state index in [1.165, 1.54) is 6.92 Å². The molecule has 0 fully saturated rings. The molecule has 0 aliphatic rings. The zero-order valence-corrected chi connectivity index (χ0v) is 8.93. The van der Waals surface area contributed by atoms with E-state index >= 15 is 0 Å². The van der Waals surface area contributed by atoms with Gasteiger partial charge in [0, 0.05) is 17.7 Å². The largest absolute Gasteiger partial charge is 0.282 e. The van der Waals surface area contributed by atoms with E-state index in [-0.39, 0.29) is 11.1 Å². The summed E-state index contributed by atoms with van der Waals surface area (Å²) in [5.41, 5.74) is -1.20. The van der Waals surface area contributed by atoms with Crippen molar-refractivity contribution >= 4 is 29.1 Å². The van der Waals surface area contributed by atoms with Gasteiger partial charge in [0.05, 0.1) is 9.85 Å². The Balaban J connectivity index is 3.57. The van der Waals surface area contributed by atoms with E-state index in [2.05, 4.69) is 12.6 Å². The smallest absolute Gasteiger partial charge is 0.279 e. The molecule has 1 aromatic carbocycles. The van der Waals surface area contributed by atoms with Crippen LogP contribution in [0.2, 0.25) is 0 Å². The lowest BCUT2D eigenvalue weighted by molar-refractivity contribution is -0.395. The van der Waals surface area contributed by atoms with Crippen molar-refractivity contribution < 1.29 is 14.6 Å². The molecule has 1 rings (SSSR count). The van der Waals surface area contributed by atoms with Crippen LogP contribution in [0.1, 0.15) is 15.9 Å². The first-order valence-corrected chi connectivity index (χ1v) is 4.46. The van der Waals surface area contributed by atoms with Gasteiger partial charge in [-0.3, -0.25) is 25.0 Å². The summed E-state index contributed by atoms with van der Waals surface area (Å²) in [6.45, 7) is 1.25. The highest BCUT2D eigenvalue weighted by molar-refractivity contribution is 7.97. The number of thiol groups is 1. The van der Waals surface area contributed by atoms with Crippen molar-refractivity contribution in [2.75, 3.05) is 0 Å². The molecule has 0 spiro atoms. The summed E-state index contributed by atoms with van der Waals surface area (Å²) < 4.78 is 0. The molecular weight excluding hydrogens is 236 g/mol. The second-order valence-electron chi connectivity index (χ2n) is 2.96. The summed E-state index contributed by atoms with van der Waals surface area (Å²) in [4.78, 5) is 30.6. The van der Waals surface area contributed by atoms with Crippen molar-refractivity contribution in [1.29, 1.82) is 0 Å². The molecular formula is C8H6N2O5S. The summed E-state index contributed by atoms with van der Waals surface area (Å²) >= 11 is 3.47. The zero-order valence-electron chi connectivity index (χ0n) is 8.04. The average molecular weight is 242 g/mol. The number of hydrogen-bond donors (Lipinski definition) is 1. The highest BCUT2D eigenvalue weighted by Crippen LogP contribution is 2.29. The van der Waals surface area contributed by atoms with Crippen molar-refractivity contribution in [2.45, 2.75) is 6.92 Å². The first-order chi connectivity index (χ1) is 7.34. The van der Waals surface area contributed by atoms with Gasteiger partial charge in [0.25, 0.3) is 11.4 Å². The third-order valence-corrected chi connectivity index (χ3v) is 2.25. The highest BCUT2D eigenvalue weighted by atomic mass is 32.1. The Bertz CT molecular complexity index is 464. The first kappa shape index (κ1) is 12.1. The van der Waals surface area contributed by atoms with Gasteiger partial charge in [-0.05, 0) is 6.92 Å². The van der Waals surface area contributed by atoms with Gasteiger partial charge in [-0.25, -0.2) is 0 Å². The standard InChI is InChI=1S/C8H6N2O5S/c1-4-6(9(12)13)2-5(8(11)16)3-7(4)10(14)15/h2-3H,1H3,(H,11,16). The normalized spacial score (nSPS) is 9.88. The van der Waals surface area contributed by atoms with Crippen molar-refractivity contribution in [3.63, 3.8) is 0 Å². The number of nitrogens with zero attached hydrogens (tertiary/aromatic N) is 2. The molecule has 0 aliphatic heterocycles. The maximum Gasteiger partial charge on any atom is 0.279 e. The summed E-state index contributed by atoms with van der Waals surface area (Å²) in [6.07, 6.45) is 0. The first-order valence-electron chi connectivity index (χ1n) is 4.01. The van der Waals surface area contributed by atoms with Gasteiger partial charge < -0.3 is 0 Å². The fourth-order valence-corrected chi connectivity index (χ4v) is 1.32. The maximum absolute atomic E-state index is 10.9. The molecule has 0 amide bonds. The van der Waals surface area contributed by atoms with Crippen LogP contribution in [0, 0.1) is 27.2 Å². The molecule has 0 aromatic heterocycles. The van der Waals surface area contributed by atoms with Crippen LogP contribution < -0.4 is 0 Å². The molecule has 0 heterocycles. The second-order valence-corrected chi connectivity index (χ2v) is 3.37. The van der Waals surface area contributed by atoms with E-state index in [9.17, 15) is 25.0 Å². The van der Waals surface area contributed by atoms with Crippen LogP contribution in [0.25, 0.3) is 0 Å². The molecule has 84 valence electrons. The van der Waals surface area contributed by atoms with Gasteiger partial charge >= 0.3 is 0 Å². The minimum atomic E-state index is -0.775. The third-order valence-electron chi connectivity index (χ3n) is 1.99. The number of rotatable bonds is 3. The van der Waals surface area contributed by atoms with Crippen molar-refractivity contribution in [2.24, 2.45) is 0 Å². The molecule has 0 radical (unpaired) electrons. The fraction of sp³-hybridized carbons (Fsp3) is 0.125. The van der Waals surface area contributed by atoms with Gasteiger partial charge in [-0.1, -0.05) is 0 Å². The van der Waals surface area contributed by atoms with E-state index in [0.29, 0.717) is 0 Å². The molecule has 8 heteroatoms. The number of nitro groups is 2. The van der Waals surface area contributed by atoms with E-state index < -0.39 is 26.3 Å². The van der Waals surface area contributed by atoms with Crippen LogP contribution in [-0.2, 0) is 0 Å². The number of benzene rings is 1. The predicted octanol–water partition coefficient (Wildman–Crippen LogP) is 1.88. The number of hydrogen-bond acceptors (Lipinski definition) is 5. The quantitative estimate of drug-likeness (QED) is 0.495. The topological polar surface area (TPSA) is 103 Å². The van der Waals surface area contributed by atoms with E-state index in [1.807, 2.05) is 0 Å². The minimum Gasteiger partial charge on any atom is -0.282 e. The molecule has 16 heavy (non-hydrogen) atoms. The van der Waals surface area contributed by atoms with Crippen molar-refractivity contribution in [1.82, 2.24) is 0 Å². The molecule has 0 aliphatic carbocycles. The average Bonchev–Trinajstić information content (AvgIpc) is 2.16.